The standard InChI is InChI=1S/C11H16N2O3/c14-5-7-8-9(7)11(16)13(10(8)15)4-6-1-2-12-3-6/h6-9,12,14H,1-5H2. The number of aliphatic hydroxyl groups excluding tert-OH is 1. The van der Waals surface area contributed by atoms with Crippen molar-refractivity contribution in [1.29, 1.82) is 0 Å². The van der Waals surface area contributed by atoms with Crippen LogP contribution >= 0.6 is 0 Å². The Labute approximate surface area is 93.8 Å². The van der Waals surface area contributed by atoms with E-state index in [0.717, 1.165) is 19.5 Å². The van der Waals surface area contributed by atoms with Gasteiger partial charge in [-0.3, -0.25) is 14.5 Å². The second-order valence-corrected chi connectivity index (χ2v) is 5.04. The molecular weight excluding hydrogens is 208 g/mol. The Bertz CT molecular complexity index is 316. The lowest BCUT2D eigenvalue weighted by atomic mass is 10.1. The van der Waals surface area contributed by atoms with Gasteiger partial charge in [0.15, 0.2) is 0 Å². The molecule has 2 saturated heterocycles. The van der Waals surface area contributed by atoms with E-state index in [9.17, 15) is 9.59 Å². The van der Waals surface area contributed by atoms with Gasteiger partial charge in [-0.2, -0.15) is 0 Å². The highest BCUT2D eigenvalue weighted by atomic mass is 16.3. The highest BCUT2D eigenvalue weighted by Crippen LogP contribution is 2.53. The summed E-state index contributed by atoms with van der Waals surface area (Å²) < 4.78 is 0. The Balaban J connectivity index is 1.65. The molecule has 0 aromatic heterocycles. The lowest BCUT2D eigenvalue weighted by molar-refractivity contribution is -0.143. The predicted octanol–water partition coefficient (Wildman–Crippen LogP) is -1.18. The summed E-state index contributed by atoms with van der Waals surface area (Å²) >= 11 is 0. The number of carbonyl (C=O) groups excluding carboxylic acids is 2. The number of aliphatic hydroxyl groups is 1. The Morgan fingerprint density at radius 2 is 2.00 bits per heavy atom. The molecule has 5 heteroatoms. The average Bonchev–Trinajstić information content (AvgIpc) is 2.69. The zero-order valence-corrected chi connectivity index (χ0v) is 9.06. The molecule has 2 heterocycles. The first-order valence-electron chi connectivity index (χ1n) is 5.91. The van der Waals surface area contributed by atoms with Crippen LogP contribution in [0, 0.1) is 23.7 Å². The normalized spacial score (nSPS) is 41.7. The molecule has 0 spiro atoms. The molecule has 3 rings (SSSR count). The third kappa shape index (κ3) is 1.31. The van der Waals surface area contributed by atoms with Gasteiger partial charge in [0.2, 0.25) is 11.8 Å². The molecule has 0 bridgehead atoms. The Hall–Kier alpha value is -0.940. The van der Waals surface area contributed by atoms with E-state index >= 15 is 0 Å². The largest absolute Gasteiger partial charge is 0.396 e. The molecular formula is C11H16N2O3. The predicted molar refractivity (Wildman–Crippen MR) is 55.3 cm³/mol. The summed E-state index contributed by atoms with van der Waals surface area (Å²) in [6, 6.07) is 0. The number of fused-ring (bicyclic) bond motifs is 1. The Kier molecular flexibility index (Phi) is 2.26. The molecule has 2 amide bonds. The van der Waals surface area contributed by atoms with E-state index in [2.05, 4.69) is 5.32 Å². The van der Waals surface area contributed by atoms with E-state index in [1.165, 1.54) is 4.90 Å². The SMILES string of the molecule is O=C1C2C(CO)C2C(=O)N1CC1CCNC1. The van der Waals surface area contributed by atoms with Crippen LogP contribution in [0.15, 0.2) is 0 Å². The van der Waals surface area contributed by atoms with Crippen molar-refractivity contribution in [3.05, 3.63) is 0 Å². The minimum Gasteiger partial charge on any atom is -0.396 e. The smallest absolute Gasteiger partial charge is 0.233 e. The average molecular weight is 224 g/mol. The first-order chi connectivity index (χ1) is 7.74. The molecule has 0 radical (unpaired) electrons. The van der Waals surface area contributed by atoms with Crippen LogP contribution in [0.2, 0.25) is 0 Å². The molecule has 3 atom stereocenters. The number of piperidine rings is 1. The molecule has 88 valence electrons. The van der Waals surface area contributed by atoms with Gasteiger partial charge < -0.3 is 10.4 Å². The number of hydrogen-bond donors (Lipinski definition) is 2. The molecule has 1 aliphatic carbocycles. The summed E-state index contributed by atoms with van der Waals surface area (Å²) in [5.74, 6) is -0.184. The van der Waals surface area contributed by atoms with Crippen LogP contribution in [0.5, 0.6) is 0 Å². The van der Waals surface area contributed by atoms with Crippen molar-refractivity contribution in [2.75, 3.05) is 26.2 Å². The third-order valence-electron chi connectivity index (χ3n) is 4.08. The summed E-state index contributed by atoms with van der Waals surface area (Å²) in [4.78, 5) is 25.2. The Morgan fingerprint density at radius 3 is 2.50 bits per heavy atom. The highest BCUT2D eigenvalue weighted by molar-refractivity contribution is 6.09. The summed E-state index contributed by atoms with van der Waals surface area (Å²) in [6.07, 6.45) is 1.04. The lowest BCUT2D eigenvalue weighted by Gasteiger charge is -2.21. The van der Waals surface area contributed by atoms with E-state index < -0.39 is 0 Å². The summed E-state index contributed by atoms with van der Waals surface area (Å²) in [7, 11) is 0. The first kappa shape index (κ1) is 10.2. The molecule has 2 N–H and O–H groups in total. The number of rotatable bonds is 3. The minimum atomic E-state index is -0.202. The fourth-order valence-corrected chi connectivity index (χ4v) is 3.05. The van der Waals surface area contributed by atoms with Crippen LogP contribution in [0.25, 0.3) is 0 Å². The zero-order valence-electron chi connectivity index (χ0n) is 9.06. The van der Waals surface area contributed by atoms with Gasteiger partial charge in [-0.15, -0.1) is 0 Å². The number of likely N-dealkylation sites (tertiary alicyclic amines) is 1. The van der Waals surface area contributed by atoms with E-state index in [1.54, 1.807) is 0 Å². The highest BCUT2D eigenvalue weighted by Gasteiger charge is 2.66. The number of nitrogens with zero attached hydrogens (tertiary/aromatic N) is 1. The summed E-state index contributed by atoms with van der Waals surface area (Å²) in [5.41, 5.74) is 0. The van der Waals surface area contributed by atoms with Crippen LogP contribution in [-0.2, 0) is 9.59 Å². The molecule has 3 fully saturated rings. The summed E-state index contributed by atoms with van der Waals surface area (Å²) in [6.45, 7) is 2.41. The summed E-state index contributed by atoms with van der Waals surface area (Å²) in [5, 5.41) is 12.2. The van der Waals surface area contributed by atoms with Crippen LogP contribution in [0.3, 0.4) is 0 Å². The van der Waals surface area contributed by atoms with Crippen LogP contribution in [0.1, 0.15) is 6.42 Å². The molecule has 3 unspecified atom stereocenters. The van der Waals surface area contributed by atoms with Crippen molar-refractivity contribution in [3.8, 4) is 0 Å². The number of nitrogens with one attached hydrogen (secondary N) is 1. The van der Waals surface area contributed by atoms with Gasteiger partial charge in [-0.1, -0.05) is 0 Å². The van der Waals surface area contributed by atoms with Crippen molar-refractivity contribution in [3.63, 3.8) is 0 Å². The number of hydrogen-bond acceptors (Lipinski definition) is 4. The maximum absolute atomic E-state index is 11.9. The van der Waals surface area contributed by atoms with Gasteiger partial charge in [0.1, 0.15) is 0 Å². The molecule has 2 aliphatic heterocycles. The van der Waals surface area contributed by atoms with Gasteiger partial charge in [0.25, 0.3) is 0 Å². The Morgan fingerprint density at radius 1 is 1.31 bits per heavy atom. The first-order valence-corrected chi connectivity index (χ1v) is 5.91. The van der Waals surface area contributed by atoms with Gasteiger partial charge in [0.05, 0.1) is 11.8 Å². The van der Waals surface area contributed by atoms with Crippen molar-refractivity contribution in [2.24, 2.45) is 23.7 Å². The fraction of sp³-hybridized carbons (Fsp3) is 0.818. The van der Waals surface area contributed by atoms with Crippen molar-refractivity contribution < 1.29 is 14.7 Å². The lowest BCUT2D eigenvalue weighted by Crippen LogP contribution is -2.39. The monoisotopic (exact) mass is 224 g/mol. The molecule has 1 saturated carbocycles. The van der Waals surface area contributed by atoms with Crippen LogP contribution in [-0.4, -0.2) is 48.1 Å². The second kappa shape index (κ2) is 3.53. The maximum Gasteiger partial charge on any atom is 0.233 e. The fourth-order valence-electron chi connectivity index (χ4n) is 3.05. The zero-order chi connectivity index (χ0) is 11.3. The quantitative estimate of drug-likeness (QED) is 0.592. The van der Waals surface area contributed by atoms with Crippen LogP contribution < -0.4 is 5.32 Å². The third-order valence-corrected chi connectivity index (χ3v) is 4.08. The van der Waals surface area contributed by atoms with E-state index in [-0.39, 0.29) is 36.2 Å². The molecule has 16 heavy (non-hydrogen) atoms. The van der Waals surface area contributed by atoms with Crippen LogP contribution in [0.4, 0.5) is 0 Å². The number of carbonyl (C=O) groups is 2. The van der Waals surface area contributed by atoms with Crippen molar-refractivity contribution >= 4 is 11.8 Å². The van der Waals surface area contributed by atoms with Gasteiger partial charge in [0, 0.05) is 19.1 Å². The van der Waals surface area contributed by atoms with Gasteiger partial charge >= 0.3 is 0 Å². The van der Waals surface area contributed by atoms with Crippen molar-refractivity contribution in [2.45, 2.75) is 6.42 Å². The molecule has 0 aromatic carbocycles. The molecule has 3 aliphatic rings. The van der Waals surface area contributed by atoms with Gasteiger partial charge in [-0.05, 0) is 25.4 Å². The minimum absolute atomic E-state index is 0.0361. The molecule has 5 nitrogen and oxygen atoms in total. The maximum atomic E-state index is 11.9. The van der Waals surface area contributed by atoms with E-state index in [4.69, 9.17) is 5.11 Å². The number of amides is 2. The van der Waals surface area contributed by atoms with E-state index in [1.807, 2.05) is 0 Å². The second-order valence-electron chi connectivity index (χ2n) is 5.04. The van der Waals surface area contributed by atoms with Crippen molar-refractivity contribution in [1.82, 2.24) is 10.2 Å². The van der Waals surface area contributed by atoms with E-state index in [0.29, 0.717) is 12.5 Å². The topological polar surface area (TPSA) is 69.6 Å². The van der Waals surface area contributed by atoms with Gasteiger partial charge in [-0.25, -0.2) is 0 Å². The number of imide groups is 1. The molecule has 0 aromatic rings.